The molecule has 28 heavy (non-hydrogen) atoms. The van der Waals surface area contributed by atoms with Gasteiger partial charge in [0.2, 0.25) is 15.9 Å². The monoisotopic (exact) mass is 447 g/mol. The lowest BCUT2D eigenvalue weighted by molar-refractivity contribution is -0.115. The zero-order valence-corrected chi connectivity index (χ0v) is 18.3. The van der Waals surface area contributed by atoms with Gasteiger partial charge >= 0.3 is 5.69 Å². The number of thioether (sulfide) groups is 1. The molecule has 1 aromatic carbocycles. The highest BCUT2D eigenvalue weighted by atomic mass is 35.5. The van der Waals surface area contributed by atoms with E-state index in [0.717, 1.165) is 22.5 Å². The fraction of sp³-hybridized carbons (Fsp3) is 0.438. The SMILES string of the molecule is CCCn1c(S[C@@H](C)C(=O)Nc2ccc(Cl)c(S(=O)(=O)N(C)C)c2)n[nH]c1=O. The average Bonchev–Trinajstić information content (AvgIpc) is 2.96. The highest BCUT2D eigenvalue weighted by molar-refractivity contribution is 8.00. The number of anilines is 1. The number of aromatic nitrogens is 3. The zero-order chi connectivity index (χ0) is 21.1. The molecular formula is C16H22ClN5O4S2. The summed E-state index contributed by atoms with van der Waals surface area (Å²) < 4.78 is 27.2. The fourth-order valence-corrected chi connectivity index (χ4v) is 4.52. The molecule has 0 unspecified atom stereocenters. The second-order valence-corrected chi connectivity index (χ2v) is 9.98. The number of hydrogen-bond acceptors (Lipinski definition) is 6. The normalized spacial score (nSPS) is 12.9. The fourth-order valence-electron chi connectivity index (χ4n) is 2.25. The predicted molar refractivity (Wildman–Crippen MR) is 109 cm³/mol. The van der Waals surface area contributed by atoms with Crippen LogP contribution in [0.25, 0.3) is 0 Å². The highest BCUT2D eigenvalue weighted by Gasteiger charge is 2.23. The van der Waals surface area contributed by atoms with Crippen LogP contribution < -0.4 is 11.0 Å². The van der Waals surface area contributed by atoms with Gasteiger partial charge < -0.3 is 5.32 Å². The standard InChI is InChI=1S/C16H22ClN5O4S2/c1-5-8-22-15(24)19-20-16(22)27-10(2)14(23)18-11-6-7-12(17)13(9-11)28(25,26)21(3)4/h6-7,9-10H,5,8H2,1-4H3,(H,18,23)(H,19,24)/t10-/m0/s1. The number of carbonyl (C=O) groups is 1. The van der Waals surface area contributed by atoms with E-state index in [1.165, 1.54) is 36.9 Å². The summed E-state index contributed by atoms with van der Waals surface area (Å²) in [7, 11) is -0.955. The van der Waals surface area contributed by atoms with Crippen LogP contribution in [0.4, 0.5) is 5.69 Å². The molecule has 0 radical (unpaired) electrons. The summed E-state index contributed by atoms with van der Waals surface area (Å²) in [5.41, 5.74) is -0.0246. The third-order valence-electron chi connectivity index (χ3n) is 3.78. The molecule has 9 nitrogen and oxygen atoms in total. The van der Waals surface area contributed by atoms with Crippen LogP contribution in [0.2, 0.25) is 5.02 Å². The number of carbonyl (C=O) groups excluding carboxylic acids is 1. The van der Waals surface area contributed by atoms with Crippen molar-refractivity contribution in [1.82, 2.24) is 19.1 Å². The number of sulfonamides is 1. The molecule has 2 rings (SSSR count). The second-order valence-electron chi connectivity index (χ2n) is 6.14. The van der Waals surface area contributed by atoms with Gasteiger partial charge in [0.15, 0.2) is 5.16 Å². The Hall–Kier alpha value is -1.82. The van der Waals surface area contributed by atoms with Crippen LogP contribution in [0.5, 0.6) is 0 Å². The number of aromatic amines is 1. The summed E-state index contributed by atoms with van der Waals surface area (Å²) in [5.74, 6) is -0.362. The van der Waals surface area contributed by atoms with Gasteiger partial charge in [-0.05, 0) is 31.5 Å². The largest absolute Gasteiger partial charge is 0.343 e. The molecule has 1 atom stereocenters. The number of nitrogens with one attached hydrogen (secondary N) is 2. The molecule has 0 bridgehead atoms. The summed E-state index contributed by atoms with van der Waals surface area (Å²) in [5, 5.41) is 8.90. The lowest BCUT2D eigenvalue weighted by Gasteiger charge is -2.15. The van der Waals surface area contributed by atoms with Crippen molar-refractivity contribution in [2.45, 2.75) is 42.1 Å². The van der Waals surface area contributed by atoms with Crippen molar-refractivity contribution in [2.75, 3.05) is 19.4 Å². The average molecular weight is 448 g/mol. The third-order valence-corrected chi connectivity index (χ3v) is 7.17. The third kappa shape index (κ3) is 4.96. The molecule has 1 aromatic heterocycles. The van der Waals surface area contributed by atoms with Crippen LogP contribution in [-0.4, -0.2) is 52.7 Å². The minimum absolute atomic E-state index is 0.0641. The molecule has 1 amide bonds. The Kier molecular flexibility index (Phi) is 7.32. The van der Waals surface area contributed by atoms with Gasteiger partial charge in [-0.1, -0.05) is 30.3 Å². The molecule has 0 aliphatic rings. The van der Waals surface area contributed by atoms with Crippen LogP contribution in [0.1, 0.15) is 20.3 Å². The summed E-state index contributed by atoms with van der Waals surface area (Å²) in [4.78, 5) is 24.2. The molecule has 2 aromatic rings. The molecule has 0 aliphatic heterocycles. The number of halogens is 1. The van der Waals surface area contributed by atoms with Crippen LogP contribution in [-0.2, 0) is 21.4 Å². The van der Waals surface area contributed by atoms with Gasteiger partial charge in [0.05, 0.1) is 10.3 Å². The minimum atomic E-state index is -3.75. The summed E-state index contributed by atoms with van der Waals surface area (Å²) in [6, 6.07) is 4.25. The molecule has 0 saturated carbocycles. The first-order valence-electron chi connectivity index (χ1n) is 8.42. The molecule has 2 N–H and O–H groups in total. The van der Waals surface area contributed by atoms with Gasteiger partial charge in [-0.2, -0.15) is 0 Å². The summed E-state index contributed by atoms with van der Waals surface area (Å²) in [6.45, 7) is 4.10. The van der Waals surface area contributed by atoms with E-state index >= 15 is 0 Å². The first-order valence-corrected chi connectivity index (χ1v) is 11.1. The lowest BCUT2D eigenvalue weighted by atomic mass is 10.3. The van der Waals surface area contributed by atoms with Gasteiger partial charge in [-0.3, -0.25) is 9.36 Å². The quantitative estimate of drug-likeness (QED) is 0.597. The zero-order valence-electron chi connectivity index (χ0n) is 15.9. The Labute approximate surface area is 172 Å². The molecule has 1 heterocycles. The maximum absolute atomic E-state index is 12.5. The van der Waals surface area contributed by atoms with E-state index in [9.17, 15) is 18.0 Å². The second kappa shape index (κ2) is 9.12. The first kappa shape index (κ1) is 22.5. The highest BCUT2D eigenvalue weighted by Crippen LogP contribution is 2.28. The topological polar surface area (TPSA) is 117 Å². The van der Waals surface area contributed by atoms with Crippen LogP contribution in [0.3, 0.4) is 0 Å². The predicted octanol–water partition coefficient (Wildman–Crippen LogP) is 2.00. The van der Waals surface area contributed by atoms with Gasteiger partial charge in [0.25, 0.3) is 0 Å². The van der Waals surface area contributed by atoms with E-state index in [-0.39, 0.29) is 21.5 Å². The molecule has 12 heteroatoms. The number of nitrogens with zero attached hydrogens (tertiary/aromatic N) is 3. The number of hydrogen-bond donors (Lipinski definition) is 2. The van der Waals surface area contributed by atoms with Crippen molar-refractivity contribution >= 4 is 45.0 Å². The molecule has 0 fully saturated rings. The number of H-pyrrole nitrogens is 1. The minimum Gasteiger partial charge on any atom is -0.325 e. The molecule has 0 aliphatic carbocycles. The van der Waals surface area contributed by atoms with E-state index in [1.54, 1.807) is 6.92 Å². The lowest BCUT2D eigenvalue weighted by Crippen LogP contribution is -2.25. The number of benzene rings is 1. The Bertz CT molecular complexity index is 1020. The Morgan fingerprint density at radius 1 is 1.43 bits per heavy atom. The molecule has 0 spiro atoms. The molecule has 154 valence electrons. The van der Waals surface area contributed by atoms with Gasteiger partial charge in [0, 0.05) is 26.3 Å². The molecule has 0 saturated heterocycles. The van der Waals surface area contributed by atoms with E-state index < -0.39 is 15.3 Å². The first-order chi connectivity index (χ1) is 13.1. The summed E-state index contributed by atoms with van der Waals surface area (Å²) >= 11 is 7.15. The molecular weight excluding hydrogens is 426 g/mol. The van der Waals surface area contributed by atoms with E-state index in [2.05, 4.69) is 15.5 Å². The van der Waals surface area contributed by atoms with Crippen molar-refractivity contribution in [3.8, 4) is 0 Å². The Morgan fingerprint density at radius 2 is 2.11 bits per heavy atom. The smallest absolute Gasteiger partial charge is 0.325 e. The number of rotatable bonds is 8. The van der Waals surface area contributed by atoms with Crippen molar-refractivity contribution < 1.29 is 13.2 Å². The van der Waals surface area contributed by atoms with Gasteiger partial charge in [-0.15, -0.1) is 5.10 Å². The number of amides is 1. The summed E-state index contributed by atoms with van der Waals surface area (Å²) in [6.07, 6.45) is 0.751. The Morgan fingerprint density at radius 3 is 2.71 bits per heavy atom. The Balaban J connectivity index is 2.18. The van der Waals surface area contributed by atoms with Crippen molar-refractivity contribution in [2.24, 2.45) is 0 Å². The van der Waals surface area contributed by atoms with Crippen LogP contribution >= 0.6 is 23.4 Å². The van der Waals surface area contributed by atoms with E-state index in [1.807, 2.05) is 6.92 Å². The van der Waals surface area contributed by atoms with Crippen LogP contribution in [0, 0.1) is 0 Å². The maximum atomic E-state index is 12.5. The van der Waals surface area contributed by atoms with Crippen molar-refractivity contribution in [3.63, 3.8) is 0 Å². The maximum Gasteiger partial charge on any atom is 0.343 e. The van der Waals surface area contributed by atoms with Gasteiger partial charge in [0.1, 0.15) is 4.90 Å². The van der Waals surface area contributed by atoms with Crippen molar-refractivity contribution in [3.05, 3.63) is 33.7 Å². The van der Waals surface area contributed by atoms with Gasteiger partial charge in [-0.25, -0.2) is 22.6 Å². The van der Waals surface area contributed by atoms with E-state index in [4.69, 9.17) is 11.6 Å². The van der Waals surface area contributed by atoms with Crippen LogP contribution in [0.15, 0.2) is 33.0 Å². The van der Waals surface area contributed by atoms with E-state index in [0.29, 0.717) is 17.4 Å². The van der Waals surface area contributed by atoms with Crippen molar-refractivity contribution in [1.29, 1.82) is 0 Å².